The number of ether oxygens (including phenoxy) is 1. The van der Waals surface area contributed by atoms with Crippen molar-refractivity contribution in [1.29, 1.82) is 0 Å². The van der Waals surface area contributed by atoms with Gasteiger partial charge in [-0.25, -0.2) is 0 Å². The molecule has 1 aromatic carbocycles. The summed E-state index contributed by atoms with van der Waals surface area (Å²) in [4.78, 5) is 0. The van der Waals surface area contributed by atoms with Crippen molar-refractivity contribution in [3.63, 3.8) is 0 Å². The molecule has 0 amide bonds. The molecule has 1 aliphatic heterocycles. The minimum Gasteiger partial charge on any atom is -0.492 e. The van der Waals surface area contributed by atoms with Gasteiger partial charge in [-0.15, -0.1) is 0 Å². The summed E-state index contributed by atoms with van der Waals surface area (Å²) >= 11 is 0. The Morgan fingerprint density at radius 1 is 1.28 bits per heavy atom. The highest BCUT2D eigenvalue weighted by Crippen LogP contribution is 2.38. The molecule has 1 aliphatic rings. The topological polar surface area (TPSA) is 21.3 Å². The first-order chi connectivity index (χ1) is 8.63. The molecule has 1 aromatic rings. The Bertz CT molecular complexity index is 398. The van der Waals surface area contributed by atoms with Crippen LogP contribution >= 0.6 is 0 Å². The molecule has 1 N–H and O–H groups in total. The maximum Gasteiger partial charge on any atom is 0.123 e. The Morgan fingerprint density at radius 2 is 2.11 bits per heavy atom. The zero-order valence-corrected chi connectivity index (χ0v) is 11.9. The number of unbranched alkanes of at least 4 members (excludes halogenated alkanes) is 1. The number of fused-ring (bicyclic) bond motifs is 1. The highest BCUT2D eigenvalue weighted by atomic mass is 16.5. The Hall–Kier alpha value is -1.02. The number of hydrogen-bond donors (Lipinski definition) is 1. The van der Waals surface area contributed by atoms with Crippen LogP contribution in [-0.4, -0.2) is 19.7 Å². The zero-order chi connectivity index (χ0) is 13.0. The van der Waals surface area contributed by atoms with Crippen LogP contribution in [-0.2, 0) is 11.8 Å². The van der Waals surface area contributed by atoms with Gasteiger partial charge in [0.1, 0.15) is 5.75 Å². The third-order valence-corrected chi connectivity index (χ3v) is 3.68. The maximum atomic E-state index is 5.72. The minimum atomic E-state index is 0.176. The van der Waals surface area contributed by atoms with E-state index >= 15 is 0 Å². The Balaban J connectivity index is 1.91. The van der Waals surface area contributed by atoms with Gasteiger partial charge in [-0.2, -0.15) is 0 Å². The van der Waals surface area contributed by atoms with Crippen molar-refractivity contribution < 1.29 is 4.74 Å². The van der Waals surface area contributed by atoms with E-state index in [2.05, 4.69) is 44.3 Å². The Labute approximate surface area is 111 Å². The minimum absolute atomic E-state index is 0.176. The summed E-state index contributed by atoms with van der Waals surface area (Å²) in [7, 11) is 0. The summed E-state index contributed by atoms with van der Waals surface area (Å²) in [5.41, 5.74) is 3.00. The standard InChI is InChI=1S/C16H25NO/c1-4-17-10-6-5-7-13-8-9-15-14(11-13)16(2,3)12-18-15/h8-9,11,17H,4-7,10,12H2,1-3H3. The van der Waals surface area contributed by atoms with Crippen LogP contribution in [0.1, 0.15) is 44.7 Å². The lowest BCUT2D eigenvalue weighted by Gasteiger charge is -2.15. The van der Waals surface area contributed by atoms with Gasteiger partial charge in [0.2, 0.25) is 0 Å². The average molecular weight is 247 g/mol. The van der Waals surface area contributed by atoms with Crippen molar-refractivity contribution in [3.05, 3.63) is 29.3 Å². The van der Waals surface area contributed by atoms with Crippen LogP contribution in [0.15, 0.2) is 18.2 Å². The second kappa shape index (κ2) is 5.75. The van der Waals surface area contributed by atoms with E-state index in [9.17, 15) is 0 Å². The van der Waals surface area contributed by atoms with E-state index in [0.717, 1.165) is 25.4 Å². The Kier molecular flexibility index (Phi) is 4.28. The van der Waals surface area contributed by atoms with Crippen molar-refractivity contribution >= 4 is 0 Å². The van der Waals surface area contributed by atoms with Crippen LogP contribution in [0.2, 0.25) is 0 Å². The highest BCUT2D eigenvalue weighted by Gasteiger charge is 2.31. The van der Waals surface area contributed by atoms with E-state index in [-0.39, 0.29) is 5.41 Å². The largest absolute Gasteiger partial charge is 0.492 e. The molecular weight excluding hydrogens is 222 g/mol. The van der Waals surface area contributed by atoms with Gasteiger partial charge in [0, 0.05) is 11.0 Å². The number of rotatable bonds is 6. The van der Waals surface area contributed by atoms with Crippen molar-refractivity contribution in [2.24, 2.45) is 0 Å². The number of hydrogen-bond acceptors (Lipinski definition) is 2. The number of nitrogens with one attached hydrogen (secondary N) is 1. The fraction of sp³-hybridized carbons (Fsp3) is 0.625. The lowest BCUT2D eigenvalue weighted by molar-refractivity contribution is 0.291. The van der Waals surface area contributed by atoms with E-state index in [1.165, 1.54) is 30.4 Å². The van der Waals surface area contributed by atoms with Crippen LogP contribution in [0.3, 0.4) is 0 Å². The molecule has 0 saturated carbocycles. The van der Waals surface area contributed by atoms with Gasteiger partial charge in [-0.1, -0.05) is 32.9 Å². The van der Waals surface area contributed by atoms with Crippen LogP contribution in [0.5, 0.6) is 5.75 Å². The molecule has 0 aliphatic carbocycles. The molecule has 100 valence electrons. The van der Waals surface area contributed by atoms with E-state index in [0.29, 0.717) is 0 Å². The van der Waals surface area contributed by atoms with Gasteiger partial charge in [0.15, 0.2) is 0 Å². The summed E-state index contributed by atoms with van der Waals surface area (Å²) < 4.78 is 5.72. The fourth-order valence-electron chi connectivity index (χ4n) is 2.48. The second-order valence-corrected chi connectivity index (χ2v) is 5.81. The van der Waals surface area contributed by atoms with Crippen molar-refractivity contribution in [3.8, 4) is 5.75 Å². The van der Waals surface area contributed by atoms with E-state index in [1.807, 2.05) is 0 Å². The summed E-state index contributed by atoms with van der Waals surface area (Å²) in [6, 6.07) is 6.70. The van der Waals surface area contributed by atoms with E-state index in [1.54, 1.807) is 0 Å². The highest BCUT2D eigenvalue weighted by molar-refractivity contribution is 5.45. The second-order valence-electron chi connectivity index (χ2n) is 5.81. The summed E-state index contributed by atoms with van der Waals surface area (Å²) in [5.74, 6) is 1.08. The van der Waals surface area contributed by atoms with Crippen molar-refractivity contribution in [2.45, 2.75) is 45.4 Å². The molecule has 0 radical (unpaired) electrons. The molecule has 0 atom stereocenters. The lowest BCUT2D eigenvalue weighted by atomic mass is 9.86. The molecule has 2 heteroatoms. The maximum absolute atomic E-state index is 5.72. The van der Waals surface area contributed by atoms with Crippen LogP contribution in [0.4, 0.5) is 0 Å². The van der Waals surface area contributed by atoms with Crippen molar-refractivity contribution in [2.75, 3.05) is 19.7 Å². The number of aryl methyl sites for hydroxylation is 1. The van der Waals surface area contributed by atoms with E-state index < -0.39 is 0 Å². The zero-order valence-electron chi connectivity index (χ0n) is 11.9. The predicted molar refractivity (Wildman–Crippen MR) is 76.4 cm³/mol. The summed E-state index contributed by atoms with van der Waals surface area (Å²) in [5, 5.41) is 3.37. The quantitative estimate of drug-likeness (QED) is 0.779. The van der Waals surface area contributed by atoms with Gasteiger partial charge in [-0.3, -0.25) is 0 Å². The fourth-order valence-corrected chi connectivity index (χ4v) is 2.48. The molecule has 18 heavy (non-hydrogen) atoms. The van der Waals surface area contributed by atoms with Gasteiger partial charge in [0.05, 0.1) is 6.61 Å². The van der Waals surface area contributed by atoms with E-state index in [4.69, 9.17) is 4.74 Å². The van der Waals surface area contributed by atoms with Gasteiger partial charge in [-0.05, 0) is 44.0 Å². The molecule has 0 fully saturated rings. The molecule has 0 saturated heterocycles. The number of benzene rings is 1. The lowest BCUT2D eigenvalue weighted by Crippen LogP contribution is -2.18. The first-order valence-corrected chi connectivity index (χ1v) is 7.10. The summed E-state index contributed by atoms with van der Waals surface area (Å²) in [6.45, 7) is 9.69. The summed E-state index contributed by atoms with van der Waals surface area (Å²) in [6.07, 6.45) is 3.69. The predicted octanol–water partition coefficient (Wildman–Crippen LogP) is 3.29. The molecule has 1 heterocycles. The van der Waals surface area contributed by atoms with Crippen LogP contribution in [0.25, 0.3) is 0 Å². The van der Waals surface area contributed by atoms with Crippen molar-refractivity contribution in [1.82, 2.24) is 5.32 Å². The Morgan fingerprint density at radius 3 is 2.89 bits per heavy atom. The first-order valence-electron chi connectivity index (χ1n) is 7.10. The molecular formula is C16H25NO. The normalized spacial score (nSPS) is 16.4. The van der Waals surface area contributed by atoms with Gasteiger partial charge < -0.3 is 10.1 Å². The van der Waals surface area contributed by atoms with Crippen LogP contribution < -0.4 is 10.1 Å². The smallest absolute Gasteiger partial charge is 0.123 e. The monoisotopic (exact) mass is 247 g/mol. The molecule has 0 aromatic heterocycles. The van der Waals surface area contributed by atoms with Gasteiger partial charge >= 0.3 is 0 Å². The third-order valence-electron chi connectivity index (χ3n) is 3.68. The molecule has 2 nitrogen and oxygen atoms in total. The molecule has 0 unspecified atom stereocenters. The first kappa shape index (κ1) is 13.4. The molecule has 0 spiro atoms. The van der Waals surface area contributed by atoms with Crippen LogP contribution in [0, 0.1) is 0 Å². The molecule has 0 bridgehead atoms. The van der Waals surface area contributed by atoms with Gasteiger partial charge in [0.25, 0.3) is 0 Å². The third kappa shape index (κ3) is 3.05. The average Bonchev–Trinajstić information content (AvgIpc) is 2.65. The SMILES string of the molecule is CCNCCCCc1ccc2c(c1)C(C)(C)CO2. The molecule has 2 rings (SSSR count).